The van der Waals surface area contributed by atoms with Crippen molar-refractivity contribution in [3.63, 3.8) is 0 Å². The Balaban J connectivity index is 1.74. The molecule has 2 amide bonds. The van der Waals surface area contributed by atoms with E-state index in [0.29, 0.717) is 6.54 Å². The summed E-state index contributed by atoms with van der Waals surface area (Å²) < 4.78 is 2.06. The molecule has 6 heteroatoms. The predicted molar refractivity (Wildman–Crippen MR) is 78.8 cm³/mol. The van der Waals surface area contributed by atoms with Crippen molar-refractivity contribution < 1.29 is 4.79 Å². The van der Waals surface area contributed by atoms with E-state index in [2.05, 4.69) is 33.0 Å². The van der Waals surface area contributed by atoms with Crippen LogP contribution in [0.25, 0.3) is 0 Å². The Hall–Kier alpha value is -1.56. The van der Waals surface area contributed by atoms with Crippen LogP contribution in [0.15, 0.2) is 6.07 Å². The van der Waals surface area contributed by atoms with Gasteiger partial charge < -0.3 is 10.2 Å². The van der Waals surface area contributed by atoms with Crippen molar-refractivity contribution in [1.82, 2.24) is 24.9 Å². The van der Waals surface area contributed by atoms with Crippen molar-refractivity contribution in [2.45, 2.75) is 27.3 Å². The number of piperazine rings is 1. The molecule has 112 valence electrons. The number of hydrogen-bond acceptors (Lipinski definition) is 3. The summed E-state index contributed by atoms with van der Waals surface area (Å²) in [5.41, 5.74) is 2.28. The number of urea groups is 1. The quantitative estimate of drug-likeness (QED) is 0.889. The normalized spacial score (nSPS) is 16.4. The molecule has 1 aliphatic rings. The van der Waals surface area contributed by atoms with E-state index in [-0.39, 0.29) is 6.03 Å². The van der Waals surface area contributed by atoms with E-state index < -0.39 is 0 Å². The molecule has 1 aromatic rings. The first kappa shape index (κ1) is 14.8. The number of nitrogens with one attached hydrogen (secondary N) is 1. The number of amides is 2. The maximum atomic E-state index is 11.7. The van der Waals surface area contributed by atoms with Crippen molar-refractivity contribution in [1.29, 1.82) is 0 Å². The topological polar surface area (TPSA) is 53.4 Å². The summed E-state index contributed by atoms with van der Waals surface area (Å²) in [6.07, 6.45) is 0. The molecule has 1 aromatic heterocycles. The van der Waals surface area contributed by atoms with Gasteiger partial charge in [-0.15, -0.1) is 0 Å². The van der Waals surface area contributed by atoms with Gasteiger partial charge in [-0.2, -0.15) is 5.10 Å². The largest absolute Gasteiger partial charge is 0.338 e. The van der Waals surface area contributed by atoms with Gasteiger partial charge in [-0.3, -0.25) is 9.58 Å². The fourth-order valence-electron chi connectivity index (χ4n) is 2.58. The van der Waals surface area contributed by atoms with Gasteiger partial charge in [0.1, 0.15) is 0 Å². The van der Waals surface area contributed by atoms with Gasteiger partial charge in [-0.25, -0.2) is 4.79 Å². The highest BCUT2D eigenvalue weighted by atomic mass is 16.2. The molecule has 0 bridgehead atoms. The maximum absolute atomic E-state index is 11.7. The SMILES string of the molecule is CCNC(=O)N1CCN(CCn2nc(C)cc2C)CC1. The molecule has 0 aliphatic carbocycles. The van der Waals surface area contributed by atoms with Crippen LogP contribution in [-0.2, 0) is 6.54 Å². The summed E-state index contributed by atoms with van der Waals surface area (Å²) in [5.74, 6) is 0. The smallest absolute Gasteiger partial charge is 0.317 e. The van der Waals surface area contributed by atoms with E-state index in [4.69, 9.17) is 0 Å². The first-order valence-corrected chi connectivity index (χ1v) is 7.36. The Morgan fingerprint density at radius 2 is 1.95 bits per heavy atom. The first-order valence-electron chi connectivity index (χ1n) is 7.36. The van der Waals surface area contributed by atoms with Crippen LogP contribution in [0, 0.1) is 13.8 Å². The summed E-state index contributed by atoms with van der Waals surface area (Å²) in [5, 5.41) is 7.33. The number of hydrogen-bond donors (Lipinski definition) is 1. The molecule has 2 rings (SSSR count). The van der Waals surface area contributed by atoms with E-state index in [1.165, 1.54) is 5.69 Å². The molecule has 0 aromatic carbocycles. The van der Waals surface area contributed by atoms with E-state index >= 15 is 0 Å². The summed E-state index contributed by atoms with van der Waals surface area (Å²) in [6.45, 7) is 12.2. The molecule has 0 radical (unpaired) electrons. The molecule has 1 N–H and O–H groups in total. The third-order valence-electron chi connectivity index (χ3n) is 3.72. The number of aromatic nitrogens is 2. The Labute approximate surface area is 120 Å². The Bertz CT molecular complexity index is 448. The molecule has 0 saturated carbocycles. The van der Waals surface area contributed by atoms with E-state index in [0.717, 1.165) is 45.0 Å². The fraction of sp³-hybridized carbons (Fsp3) is 0.714. The summed E-state index contributed by atoms with van der Waals surface area (Å²) in [7, 11) is 0. The van der Waals surface area contributed by atoms with E-state index in [9.17, 15) is 4.79 Å². The Morgan fingerprint density at radius 1 is 1.25 bits per heavy atom. The maximum Gasteiger partial charge on any atom is 0.317 e. The van der Waals surface area contributed by atoms with Crippen LogP contribution in [0.3, 0.4) is 0 Å². The van der Waals surface area contributed by atoms with E-state index in [1.807, 2.05) is 18.7 Å². The van der Waals surface area contributed by atoms with Crippen LogP contribution < -0.4 is 5.32 Å². The molecule has 0 atom stereocenters. The van der Waals surface area contributed by atoms with Crippen molar-refractivity contribution in [2.75, 3.05) is 39.3 Å². The minimum atomic E-state index is 0.0608. The molecule has 0 spiro atoms. The van der Waals surface area contributed by atoms with Crippen LogP contribution in [0.1, 0.15) is 18.3 Å². The monoisotopic (exact) mass is 279 g/mol. The standard InChI is InChI=1S/C14H25N5O/c1-4-15-14(20)18-8-5-17(6-9-18)7-10-19-13(3)11-12(2)16-19/h11H,4-10H2,1-3H3,(H,15,20). The second-order valence-corrected chi connectivity index (χ2v) is 5.31. The van der Waals surface area contributed by atoms with Crippen molar-refractivity contribution in [3.8, 4) is 0 Å². The molecule has 0 unspecified atom stereocenters. The zero-order valence-corrected chi connectivity index (χ0v) is 12.7. The molecule has 1 fully saturated rings. The molecule has 20 heavy (non-hydrogen) atoms. The van der Waals surface area contributed by atoms with Gasteiger partial charge in [0.2, 0.25) is 0 Å². The number of nitrogens with zero attached hydrogens (tertiary/aromatic N) is 4. The van der Waals surface area contributed by atoms with Crippen LogP contribution in [0.2, 0.25) is 0 Å². The highest BCUT2D eigenvalue weighted by Gasteiger charge is 2.20. The van der Waals surface area contributed by atoms with Gasteiger partial charge in [0.25, 0.3) is 0 Å². The molecule has 1 saturated heterocycles. The molecule has 2 heterocycles. The number of rotatable bonds is 4. The number of carbonyl (C=O) groups is 1. The van der Waals surface area contributed by atoms with Gasteiger partial charge >= 0.3 is 6.03 Å². The van der Waals surface area contributed by atoms with Gasteiger partial charge in [-0.1, -0.05) is 0 Å². The molecule has 1 aliphatic heterocycles. The lowest BCUT2D eigenvalue weighted by atomic mass is 10.3. The van der Waals surface area contributed by atoms with Gasteiger partial charge in [0.05, 0.1) is 12.2 Å². The van der Waals surface area contributed by atoms with Crippen LogP contribution in [-0.4, -0.2) is 64.9 Å². The van der Waals surface area contributed by atoms with Crippen molar-refractivity contribution in [2.24, 2.45) is 0 Å². The molecular weight excluding hydrogens is 254 g/mol. The van der Waals surface area contributed by atoms with E-state index in [1.54, 1.807) is 0 Å². The fourth-order valence-corrected chi connectivity index (χ4v) is 2.58. The average molecular weight is 279 g/mol. The predicted octanol–water partition coefficient (Wildman–Crippen LogP) is 0.847. The highest BCUT2D eigenvalue weighted by Crippen LogP contribution is 2.05. The summed E-state index contributed by atoms with van der Waals surface area (Å²) >= 11 is 0. The third kappa shape index (κ3) is 3.72. The van der Waals surface area contributed by atoms with Gasteiger partial charge in [0, 0.05) is 45.0 Å². The lowest BCUT2D eigenvalue weighted by Gasteiger charge is -2.34. The van der Waals surface area contributed by atoms with Gasteiger partial charge in [0.15, 0.2) is 0 Å². The van der Waals surface area contributed by atoms with Crippen LogP contribution in [0.5, 0.6) is 0 Å². The zero-order valence-electron chi connectivity index (χ0n) is 12.7. The van der Waals surface area contributed by atoms with Crippen LogP contribution in [0.4, 0.5) is 4.79 Å². The highest BCUT2D eigenvalue weighted by molar-refractivity contribution is 5.74. The average Bonchev–Trinajstić information content (AvgIpc) is 2.75. The second-order valence-electron chi connectivity index (χ2n) is 5.31. The Kier molecular flexibility index (Phi) is 5.00. The van der Waals surface area contributed by atoms with Gasteiger partial charge in [-0.05, 0) is 26.8 Å². The molecule has 6 nitrogen and oxygen atoms in total. The molecular formula is C14H25N5O. The van der Waals surface area contributed by atoms with Crippen molar-refractivity contribution in [3.05, 3.63) is 17.5 Å². The minimum absolute atomic E-state index is 0.0608. The lowest BCUT2D eigenvalue weighted by Crippen LogP contribution is -2.52. The first-order chi connectivity index (χ1) is 9.60. The summed E-state index contributed by atoms with van der Waals surface area (Å²) in [6, 6.07) is 2.17. The summed E-state index contributed by atoms with van der Waals surface area (Å²) in [4.78, 5) is 16.0. The third-order valence-corrected chi connectivity index (χ3v) is 3.72. The second kappa shape index (κ2) is 6.74. The van der Waals surface area contributed by atoms with Crippen molar-refractivity contribution >= 4 is 6.03 Å². The number of carbonyl (C=O) groups excluding carboxylic acids is 1. The number of aryl methyl sites for hydroxylation is 2. The lowest BCUT2D eigenvalue weighted by molar-refractivity contribution is 0.136. The minimum Gasteiger partial charge on any atom is -0.338 e. The Morgan fingerprint density at radius 3 is 2.50 bits per heavy atom. The zero-order chi connectivity index (χ0) is 14.5. The van der Waals surface area contributed by atoms with Crippen LogP contribution >= 0.6 is 0 Å².